The number of aromatic nitrogens is 4. The number of halogens is 2. The SMILES string of the molecule is COc1ncccc1Cn1c(=O)nc(Nc2ccc(O)c(F)c2)n(Cc2ccc(Cl)cc2)c1=O. The summed E-state index contributed by atoms with van der Waals surface area (Å²) in [7, 11) is 1.44. The Balaban J connectivity index is 1.81. The quantitative estimate of drug-likeness (QED) is 0.388. The van der Waals surface area contributed by atoms with Crippen LogP contribution in [0.4, 0.5) is 16.0 Å². The predicted molar refractivity (Wildman–Crippen MR) is 125 cm³/mol. The minimum Gasteiger partial charge on any atom is -0.505 e. The van der Waals surface area contributed by atoms with E-state index in [4.69, 9.17) is 16.3 Å². The average molecular weight is 484 g/mol. The van der Waals surface area contributed by atoms with Gasteiger partial charge in [0.15, 0.2) is 11.6 Å². The molecule has 0 aliphatic carbocycles. The average Bonchev–Trinajstić information content (AvgIpc) is 2.83. The molecule has 0 amide bonds. The van der Waals surface area contributed by atoms with E-state index in [1.807, 2.05) is 0 Å². The molecule has 2 N–H and O–H groups in total. The summed E-state index contributed by atoms with van der Waals surface area (Å²) in [6.07, 6.45) is 1.53. The van der Waals surface area contributed by atoms with Crippen molar-refractivity contribution in [2.24, 2.45) is 0 Å². The summed E-state index contributed by atoms with van der Waals surface area (Å²) in [5.41, 5.74) is -0.0338. The highest BCUT2D eigenvalue weighted by Crippen LogP contribution is 2.22. The van der Waals surface area contributed by atoms with E-state index in [0.717, 1.165) is 22.3 Å². The van der Waals surface area contributed by atoms with Crippen LogP contribution in [0.25, 0.3) is 0 Å². The highest BCUT2D eigenvalue weighted by atomic mass is 35.5. The van der Waals surface area contributed by atoms with E-state index in [1.165, 1.54) is 23.9 Å². The number of methoxy groups -OCH3 is 1. The van der Waals surface area contributed by atoms with Gasteiger partial charge >= 0.3 is 11.4 Å². The van der Waals surface area contributed by atoms with Gasteiger partial charge in [0.2, 0.25) is 11.8 Å². The van der Waals surface area contributed by atoms with Gasteiger partial charge in [0.1, 0.15) is 0 Å². The van der Waals surface area contributed by atoms with Crippen molar-refractivity contribution in [1.29, 1.82) is 0 Å². The van der Waals surface area contributed by atoms with Gasteiger partial charge in [-0.05, 0) is 35.9 Å². The summed E-state index contributed by atoms with van der Waals surface area (Å²) in [6.45, 7) is -0.0627. The predicted octanol–water partition coefficient (Wildman–Crippen LogP) is 3.15. The molecular formula is C23H19ClFN5O4. The Labute approximate surface area is 197 Å². The molecule has 0 saturated heterocycles. The summed E-state index contributed by atoms with van der Waals surface area (Å²) in [5.74, 6) is -1.21. The maximum atomic E-state index is 13.8. The number of nitrogens with one attached hydrogen (secondary N) is 1. The lowest BCUT2D eigenvalue weighted by atomic mass is 10.2. The van der Waals surface area contributed by atoms with Crippen molar-refractivity contribution in [2.75, 3.05) is 12.4 Å². The number of rotatable bonds is 7. The van der Waals surface area contributed by atoms with Crippen LogP contribution in [0.3, 0.4) is 0 Å². The van der Waals surface area contributed by atoms with Gasteiger partial charge in [-0.15, -0.1) is 0 Å². The summed E-state index contributed by atoms with van der Waals surface area (Å²) in [4.78, 5) is 34.4. The van der Waals surface area contributed by atoms with E-state index in [1.54, 1.807) is 36.4 Å². The van der Waals surface area contributed by atoms with Gasteiger partial charge in [-0.2, -0.15) is 4.98 Å². The lowest BCUT2D eigenvalue weighted by molar-refractivity contribution is 0.390. The lowest BCUT2D eigenvalue weighted by Crippen LogP contribution is -2.43. The number of ether oxygens (including phenoxy) is 1. The van der Waals surface area contributed by atoms with Crippen LogP contribution in [-0.2, 0) is 13.1 Å². The zero-order valence-electron chi connectivity index (χ0n) is 17.9. The maximum absolute atomic E-state index is 13.8. The van der Waals surface area contributed by atoms with Gasteiger partial charge < -0.3 is 15.2 Å². The van der Waals surface area contributed by atoms with Crippen molar-refractivity contribution in [3.63, 3.8) is 0 Å². The monoisotopic (exact) mass is 483 g/mol. The van der Waals surface area contributed by atoms with E-state index in [2.05, 4.69) is 15.3 Å². The highest BCUT2D eigenvalue weighted by Gasteiger charge is 2.17. The number of phenolic OH excluding ortho intramolecular Hbond substituents is 1. The number of hydrogen-bond donors (Lipinski definition) is 2. The second-order valence-electron chi connectivity index (χ2n) is 7.26. The molecule has 0 aliphatic rings. The van der Waals surface area contributed by atoms with Crippen LogP contribution in [-0.4, -0.2) is 31.3 Å². The van der Waals surface area contributed by atoms with Crippen molar-refractivity contribution in [3.8, 4) is 11.6 Å². The van der Waals surface area contributed by atoms with Crippen LogP contribution < -0.4 is 21.4 Å². The Morgan fingerprint density at radius 1 is 1.09 bits per heavy atom. The molecule has 0 bridgehead atoms. The molecule has 174 valence electrons. The first-order valence-electron chi connectivity index (χ1n) is 10.0. The Morgan fingerprint density at radius 3 is 2.56 bits per heavy atom. The van der Waals surface area contributed by atoms with E-state index >= 15 is 0 Å². The van der Waals surface area contributed by atoms with E-state index < -0.39 is 22.9 Å². The fourth-order valence-electron chi connectivity index (χ4n) is 3.29. The van der Waals surface area contributed by atoms with Crippen LogP contribution in [0.5, 0.6) is 11.6 Å². The normalized spacial score (nSPS) is 10.8. The third-order valence-corrected chi connectivity index (χ3v) is 5.23. The Hall–Kier alpha value is -4.18. The second kappa shape index (κ2) is 9.75. The lowest BCUT2D eigenvalue weighted by Gasteiger charge is -2.16. The van der Waals surface area contributed by atoms with Gasteiger partial charge in [-0.25, -0.2) is 23.5 Å². The Morgan fingerprint density at radius 2 is 1.85 bits per heavy atom. The minimum atomic E-state index is -0.867. The Bertz CT molecular complexity index is 1450. The summed E-state index contributed by atoms with van der Waals surface area (Å²) >= 11 is 5.96. The molecule has 0 unspecified atom stereocenters. The molecule has 2 aromatic heterocycles. The molecule has 4 rings (SSSR count). The number of pyridine rings is 1. The zero-order valence-corrected chi connectivity index (χ0v) is 18.7. The third-order valence-electron chi connectivity index (χ3n) is 4.98. The minimum absolute atomic E-state index is 0.0519. The van der Waals surface area contributed by atoms with Crippen LogP contribution >= 0.6 is 11.6 Å². The fourth-order valence-corrected chi connectivity index (χ4v) is 3.41. The van der Waals surface area contributed by atoms with Gasteiger partial charge in [0.25, 0.3) is 0 Å². The summed E-state index contributed by atoms with van der Waals surface area (Å²) in [6, 6.07) is 13.7. The molecule has 2 aromatic carbocycles. The molecule has 0 spiro atoms. The first kappa shape index (κ1) is 23.0. The first-order chi connectivity index (χ1) is 16.4. The number of phenols is 1. The second-order valence-corrected chi connectivity index (χ2v) is 7.70. The van der Waals surface area contributed by atoms with E-state index in [-0.39, 0.29) is 30.6 Å². The molecule has 34 heavy (non-hydrogen) atoms. The maximum Gasteiger partial charge on any atom is 0.355 e. The summed E-state index contributed by atoms with van der Waals surface area (Å²) < 4.78 is 21.3. The number of aromatic hydroxyl groups is 1. The molecule has 9 nitrogen and oxygen atoms in total. The molecule has 2 heterocycles. The van der Waals surface area contributed by atoms with Crippen LogP contribution in [0.15, 0.2) is 70.4 Å². The number of anilines is 2. The van der Waals surface area contributed by atoms with Crippen molar-refractivity contribution < 1.29 is 14.2 Å². The standard InChI is InChI=1S/C23H19ClFN5O4/c1-34-20-15(3-2-10-26-20)13-30-22(32)28-21(27-17-8-9-19(31)18(25)11-17)29(23(30)33)12-14-4-6-16(24)7-5-14/h2-11,31H,12-13H2,1H3,(H,27,28,32). The van der Waals surface area contributed by atoms with Crippen molar-refractivity contribution >= 4 is 23.2 Å². The number of hydrogen-bond acceptors (Lipinski definition) is 7. The molecule has 4 aromatic rings. The Kier molecular flexibility index (Phi) is 6.60. The van der Waals surface area contributed by atoms with Gasteiger partial charge in [-0.1, -0.05) is 29.8 Å². The molecular weight excluding hydrogens is 465 g/mol. The van der Waals surface area contributed by atoms with Gasteiger partial charge in [0, 0.05) is 28.5 Å². The molecule has 11 heteroatoms. The molecule has 0 saturated carbocycles. The van der Waals surface area contributed by atoms with Crippen LogP contribution in [0.1, 0.15) is 11.1 Å². The molecule has 0 fully saturated rings. The smallest absolute Gasteiger partial charge is 0.355 e. The van der Waals surface area contributed by atoms with E-state index in [0.29, 0.717) is 10.6 Å². The van der Waals surface area contributed by atoms with Crippen molar-refractivity contribution in [2.45, 2.75) is 13.1 Å². The van der Waals surface area contributed by atoms with Crippen LogP contribution in [0.2, 0.25) is 5.02 Å². The number of nitrogens with zero attached hydrogens (tertiary/aromatic N) is 4. The molecule has 0 aliphatic heterocycles. The van der Waals surface area contributed by atoms with Crippen molar-refractivity contribution in [1.82, 2.24) is 19.1 Å². The topological polar surface area (TPSA) is 111 Å². The van der Waals surface area contributed by atoms with Crippen molar-refractivity contribution in [3.05, 3.63) is 104 Å². The largest absolute Gasteiger partial charge is 0.505 e. The zero-order chi connectivity index (χ0) is 24.2. The fraction of sp³-hybridized carbons (Fsp3) is 0.130. The molecule has 0 radical (unpaired) electrons. The third kappa shape index (κ3) is 4.91. The first-order valence-corrected chi connectivity index (χ1v) is 10.4. The van der Waals surface area contributed by atoms with E-state index in [9.17, 15) is 19.1 Å². The van der Waals surface area contributed by atoms with Crippen LogP contribution in [0, 0.1) is 5.82 Å². The van der Waals surface area contributed by atoms with Gasteiger partial charge in [0.05, 0.1) is 20.2 Å². The van der Waals surface area contributed by atoms with Gasteiger partial charge in [-0.3, -0.25) is 4.57 Å². The summed E-state index contributed by atoms with van der Waals surface area (Å²) in [5, 5.41) is 12.8. The molecule has 0 atom stereocenters. The number of benzene rings is 2. The highest BCUT2D eigenvalue weighted by molar-refractivity contribution is 6.30.